The van der Waals surface area contributed by atoms with Crippen molar-refractivity contribution < 1.29 is 22.1 Å². The van der Waals surface area contributed by atoms with Crippen molar-refractivity contribution in [2.24, 2.45) is 0 Å². The summed E-state index contributed by atoms with van der Waals surface area (Å²) in [6.07, 6.45) is 0.952. The van der Waals surface area contributed by atoms with E-state index < -0.39 is 10.1 Å². The van der Waals surface area contributed by atoms with Crippen LogP contribution in [0.4, 0.5) is 0 Å². The highest BCUT2D eigenvalue weighted by molar-refractivity contribution is 7.86. The minimum absolute atomic E-state index is 0.0631. The molecule has 0 saturated carbocycles. The van der Waals surface area contributed by atoms with E-state index in [0.717, 1.165) is 6.26 Å². The van der Waals surface area contributed by atoms with Crippen LogP contribution in [0.2, 0.25) is 10.0 Å². The molecule has 1 amide bonds. The summed E-state index contributed by atoms with van der Waals surface area (Å²) in [6.45, 7) is 4.00. The normalized spacial score (nSPS) is 11.4. The molecule has 9 heteroatoms. The van der Waals surface area contributed by atoms with Crippen molar-refractivity contribution in [1.82, 2.24) is 4.90 Å². The van der Waals surface area contributed by atoms with Gasteiger partial charge in [0, 0.05) is 18.2 Å². The number of benzene rings is 2. The highest BCUT2D eigenvalue weighted by atomic mass is 35.5. The molecule has 2 rings (SSSR count). The van der Waals surface area contributed by atoms with E-state index in [1.165, 1.54) is 19.2 Å². The standard InChI is InChI=1S/C19H21Cl2NO5S/c1-12(2)22(19(23)14-6-7-15(20)16(21)10-14)11-13-5-8-17(26-3)18(9-13)27-28(4,24)25/h5-10,12H,11H2,1-4H3. The van der Waals surface area contributed by atoms with E-state index in [9.17, 15) is 13.2 Å². The van der Waals surface area contributed by atoms with Crippen LogP contribution in [0.3, 0.4) is 0 Å². The van der Waals surface area contributed by atoms with Gasteiger partial charge in [-0.15, -0.1) is 0 Å². The fourth-order valence-corrected chi connectivity index (χ4v) is 3.28. The Balaban J connectivity index is 2.34. The maximum atomic E-state index is 13.0. The largest absolute Gasteiger partial charge is 0.493 e. The average Bonchev–Trinajstić information content (AvgIpc) is 2.60. The van der Waals surface area contributed by atoms with Crippen LogP contribution >= 0.6 is 23.2 Å². The van der Waals surface area contributed by atoms with E-state index in [1.54, 1.807) is 29.2 Å². The molecule has 0 aliphatic carbocycles. The molecular weight excluding hydrogens is 425 g/mol. The number of halogens is 2. The average molecular weight is 446 g/mol. The molecule has 0 aliphatic rings. The number of nitrogens with zero attached hydrogens (tertiary/aromatic N) is 1. The number of hydrogen-bond acceptors (Lipinski definition) is 5. The Morgan fingerprint density at radius 3 is 2.29 bits per heavy atom. The molecule has 152 valence electrons. The monoisotopic (exact) mass is 445 g/mol. The van der Waals surface area contributed by atoms with Gasteiger partial charge in [-0.05, 0) is 49.7 Å². The Bertz CT molecular complexity index is 976. The molecule has 0 aliphatic heterocycles. The second-order valence-corrected chi connectivity index (χ2v) is 8.82. The SMILES string of the molecule is COc1ccc(CN(C(=O)c2ccc(Cl)c(Cl)c2)C(C)C)cc1OS(C)(=O)=O. The van der Waals surface area contributed by atoms with Crippen molar-refractivity contribution in [2.75, 3.05) is 13.4 Å². The van der Waals surface area contributed by atoms with Gasteiger partial charge < -0.3 is 13.8 Å². The Morgan fingerprint density at radius 2 is 1.75 bits per heavy atom. The van der Waals surface area contributed by atoms with Crippen LogP contribution in [0, 0.1) is 0 Å². The van der Waals surface area contributed by atoms with E-state index in [1.807, 2.05) is 13.8 Å². The van der Waals surface area contributed by atoms with E-state index in [0.29, 0.717) is 21.2 Å². The molecule has 28 heavy (non-hydrogen) atoms. The Hall–Kier alpha value is -1.96. The summed E-state index contributed by atoms with van der Waals surface area (Å²) in [4.78, 5) is 14.6. The predicted octanol–water partition coefficient (Wildman–Crippen LogP) is 4.39. The van der Waals surface area contributed by atoms with Gasteiger partial charge in [0.05, 0.1) is 23.4 Å². The molecule has 0 bridgehead atoms. The van der Waals surface area contributed by atoms with Gasteiger partial charge in [-0.25, -0.2) is 0 Å². The summed E-state index contributed by atoms with van der Waals surface area (Å²) < 4.78 is 33.1. The maximum absolute atomic E-state index is 13.0. The van der Waals surface area contributed by atoms with Gasteiger partial charge in [-0.2, -0.15) is 8.42 Å². The van der Waals surface area contributed by atoms with E-state index in [-0.39, 0.29) is 30.0 Å². The highest BCUT2D eigenvalue weighted by Gasteiger charge is 2.21. The van der Waals surface area contributed by atoms with Gasteiger partial charge >= 0.3 is 10.1 Å². The molecule has 2 aromatic rings. The van der Waals surface area contributed by atoms with Gasteiger partial charge in [-0.3, -0.25) is 4.79 Å². The number of carbonyl (C=O) groups is 1. The lowest BCUT2D eigenvalue weighted by Crippen LogP contribution is -2.36. The number of carbonyl (C=O) groups excluding carboxylic acids is 1. The van der Waals surface area contributed by atoms with Crippen molar-refractivity contribution in [1.29, 1.82) is 0 Å². The molecule has 0 fully saturated rings. The van der Waals surface area contributed by atoms with Gasteiger partial charge in [0.25, 0.3) is 5.91 Å². The van der Waals surface area contributed by atoms with Gasteiger partial charge in [-0.1, -0.05) is 29.3 Å². The van der Waals surface area contributed by atoms with E-state index in [2.05, 4.69) is 0 Å². The van der Waals surface area contributed by atoms with Crippen LogP contribution in [-0.4, -0.2) is 38.6 Å². The lowest BCUT2D eigenvalue weighted by atomic mass is 10.1. The zero-order chi connectivity index (χ0) is 21.1. The molecule has 0 heterocycles. The van der Waals surface area contributed by atoms with Crippen molar-refractivity contribution in [3.63, 3.8) is 0 Å². The van der Waals surface area contributed by atoms with Crippen LogP contribution in [-0.2, 0) is 16.7 Å². The summed E-state index contributed by atoms with van der Waals surface area (Å²) in [5.74, 6) is 0.115. The Morgan fingerprint density at radius 1 is 1.07 bits per heavy atom. The molecular formula is C19H21Cl2NO5S. The highest BCUT2D eigenvalue weighted by Crippen LogP contribution is 2.30. The van der Waals surface area contributed by atoms with E-state index in [4.69, 9.17) is 32.1 Å². The van der Waals surface area contributed by atoms with Gasteiger partial charge in [0.1, 0.15) is 0 Å². The number of rotatable bonds is 7. The smallest absolute Gasteiger partial charge is 0.306 e. The molecule has 0 radical (unpaired) electrons. The quantitative estimate of drug-likeness (QED) is 0.590. The van der Waals surface area contributed by atoms with Crippen molar-refractivity contribution in [3.05, 3.63) is 57.6 Å². The molecule has 0 unspecified atom stereocenters. The third-order valence-electron chi connectivity index (χ3n) is 3.87. The maximum Gasteiger partial charge on any atom is 0.306 e. The lowest BCUT2D eigenvalue weighted by Gasteiger charge is -2.27. The first kappa shape index (κ1) is 22.3. The van der Waals surface area contributed by atoms with Crippen LogP contribution in [0.1, 0.15) is 29.8 Å². The first-order valence-corrected chi connectivity index (χ1v) is 10.9. The summed E-state index contributed by atoms with van der Waals surface area (Å²) in [5, 5.41) is 0.663. The molecule has 0 atom stereocenters. The molecule has 0 N–H and O–H groups in total. The van der Waals surface area contributed by atoms with Crippen molar-refractivity contribution in [3.8, 4) is 11.5 Å². The topological polar surface area (TPSA) is 72.9 Å². The van der Waals surface area contributed by atoms with Crippen LogP contribution in [0.5, 0.6) is 11.5 Å². The Labute approximate surface area is 175 Å². The molecule has 0 saturated heterocycles. The summed E-state index contributed by atoms with van der Waals surface area (Å²) in [6, 6.07) is 9.46. The lowest BCUT2D eigenvalue weighted by molar-refractivity contribution is 0.0690. The fraction of sp³-hybridized carbons (Fsp3) is 0.316. The zero-order valence-corrected chi connectivity index (χ0v) is 18.2. The third-order valence-corrected chi connectivity index (χ3v) is 5.09. The Kier molecular flexibility index (Phi) is 7.20. The van der Waals surface area contributed by atoms with Gasteiger partial charge in [0.15, 0.2) is 11.5 Å². The van der Waals surface area contributed by atoms with Crippen LogP contribution in [0.15, 0.2) is 36.4 Å². The third kappa shape index (κ3) is 5.77. The molecule has 2 aromatic carbocycles. The van der Waals surface area contributed by atoms with Crippen LogP contribution < -0.4 is 8.92 Å². The summed E-state index contributed by atoms with van der Waals surface area (Å²) in [7, 11) is -2.31. The predicted molar refractivity (Wildman–Crippen MR) is 110 cm³/mol. The molecule has 6 nitrogen and oxygen atoms in total. The number of amides is 1. The van der Waals surface area contributed by atoms with E-state index >= 15 is 0 Å². The second-order valence-electron chi connectivity index (χ2n) is 6.43. The zero-order valence-electron chi connectivity index (χ0n) is 15.9. The molecule has 0 aromatic heterocycles. The summed E-state index contributed by atoms with van der Waals surface area (Å²) in [5.41, 5.74) is 1.09. The number of ether oxygens (including phenoxy) is 1. The first-order chi connectivity index (χ1) is 13.0. The van der Waals surface area contributed by atoms with Crippen molar-refractivity contribution in [2.45, 2.75) is 26.4 Å². The summed E-state index contributed by atoms with van der Waals surface area (Å²) >= 11 is 12.0. The first-order valence-electron chi connectivity index (χ1n) is 8.34. The molecule has 0 spiro atoms. The fourth-order valence-electron chi connectivity index (χ4n) is 2.53. The number of methoxy groups -OCH3 is 1. The van der Waals surface area contributed by atoms with Crippen LogP contribution in [0.25, 0.3) is 0 Å². The minimum atomic E-state index is -3.73. The minimum Gasteiger partial charge on any atom is -0.493 e. The number of hydrogen-bond donors (Lipinski definition) is 0. The second kappa shape index (κ2) is 9.03. The van der Waals surface area contributed by atoms with Gasteiger partial charge in [0.2, 0.25) is 0 Å². The van der Waals surface area contributed by atoms with Crippen molar-refractivity contribution >= 4 is 39.2 Å².